The standard InChI is InChI=1S/C12H8N2O5S2/c15-11-8-2-1-7(5-9(8)21(17,18)14-11)12(16)19-6-10-13-3-4-20-10/h1-5H,6H2,(H,14,15). The minimum Gasteiger partial charge on any atom is -0.455 e. The van der Waals surface area contributed by atoms with Gasteiger partial charge in [0.25, 0.3) is 15.9 Å². The van der Waals surface area contributed by atoms with Crippen molar-refractivity contribution in [3.63, 3.8) is 0 Å². The van der Waals surface area contributed by atoms with Crippen LogP contribution in [0.3, 0.4) is 0 Å². The van der Waals surface area contributed by atoms with Gasteiger partial charge in [0.15, 0.2) is 0 Å². The summed E-state index contributed by atoms with van der Waals surface area (Å²) in [6.45, 7) is 0.0114. The van der Waals surface area contributed by atoms with Crippen molar-refractivity contribution in [2.45, 2.75) is 11.5 Å². The number of esters is 1. The van der Waals surface area contributed by atoms with Crippen LogP contribution in [0.4, 0.5) is 0 Å². The van der Waals surface area contributed by atoms with Gasteiger partial charge in [-0.1, -0.05) is 0 Å². The molecule has 0 unspecified atom stereocenters. The number of sulfonamides is 1. The van der Waals surface area contributed by atoms with Crippen molar-refractivity contribution in [1.29, 1.82) is 0 Å². The van der Waals surface area contributed by atoms with Gasteiger partial charge in [-0.05, 0) is 18.2 Å². The van der Waals surface area contributed by atoms with E-state index < -0.39 is 21.9 Å². The lowest BCUT2D eigenvalue weighted by Crippen LogP contribution is -2.20. The Kier molecular flexibility index (Phi) is 3.22. The van der Waals surface area contributed by atoms with Crippen LogP contribution < -0.4 is 4.72 Å². The molecule has 0 fully saturated rings. The van der Waals surface area contributed by atoms with Crippen molar-refractivity contribution in [2.24, 2.45) is 0 Å². The molecule has 1 aliphatic rings. The normalized spacial score (nSPS) is 15.3. The van der Waals surface area contributed by atoms with E-state index in [0.29, 0.717) is 5.01 Å². The lowest BCUT2D eigenvalue weighted by atomic mass is 10.1. The molecule has 108 valence electrons. The maximum Gasteiger partial charge on any atom is 0.338 e. The van der Waals surface area contributed by atoms with Gasteiger partial charge in [-0.15, -0.1) is 11.3 Å². The van der Waals surface area contributed by atoms with Crippen LogP contribution >= 0.6 is 11.3 Å². The van der Waals surface area contributed by atoms with Gasteiger partial charge in [0, 0.05) is 11.6 Å². The lowest BCUT2D eigenvalue weighted by Gasteiger charge is -2.04. The molecule has 2 aromatic rings. The number of hydrogen-bond donors (Lipinski definition) is 1. The smallest absolute Gasteiger partial charge is 0.338 e. The Morgan fingerprint density at radius 2 is 2.19 bits per heavy atom. The molecule has 9 heteroatoms. The second kappa shape index (κ2) is 4.93. The third-order valence-corrected chi connectivity index (χ3v) is 4.91. The highest BCUT2D eigenvalue weighted by Gasteiger charge is 2.33. The number of ether oxygens (including phenoxy) is 1. The number of thiazole rings is 1. The van der Waals surface area contributed by atoms with Crippen LogP contribution in [0.25, 0.3) is 0 Å². The zero-order valence-electron chi connectivity index (χ0n) is 10.4. The number of carbonyl (C=O) groups is 2. The molecule has 0 saturated heterocycles. The number of fused-ring (bicyclic) bond motifs is 1. The molecule has 3 rings (SSSR count). The molecule has 7 nitrogen and oxygen atoms in total. The summed E-state index contributed by atoms with van der Waals surface area (Å²) in [7, 11) is -3.89. The Labute approximate surface area is 123 Å². The largest absolute Gasteiger partial charge is 0.455 e. The van der Waals surface area contributed by atoms with E-state index in [-0.39, 0.29) is 22.6 Å². The Hall–Kier alpha value is -2.26. The van der Waals surface area contributed by atoms with E-state index in [1.165, 1.54) is 23.5 Å². The van der Waals surface area contributed by atoms with E-state index in [2.05, 4.69) is 4.98 Å². The zero-order valence-corrected chi connectivity index (χ0v) is 12.0. The van der Waals surface area contributed by atoms with Gasteiger partial charge in [-0.25, -0.2) is 22.9 Å². The highest BCUT2D eigenvalue weighted by Crippen LogP contribution is 2.24. The molecule has 1 amide bonds. The monoisotopic (exact) mass is 324 g/mol. The fourth-order valence-electron chi connectivity index (χ4n) is 1.83. The van der Waals surface area contributed by atoms with E-state index in [0.717, 1.165) is 6.07 Å². The molecule has 0 radical (unpaired) electrons. The first-order valence-corrected chi connectivity index (χ1v) is 8.10. The third-order valence-electron chi connectivity index (χ3n) is 2.79. The second-order valence-corrected chi connectivity index (χ2v) is 6.78. The molecular weight excluding hydrogens is 316 g/mol. The SMILES string of the molecule is O=C(OCc1nccs1)c1ccc2c(c1)S(=O)(=O)NC2=O. The Morgan fingerprint density at radius 1 is 1.38 bits per heavy atom. The topological polar surface area (TPSA) is 102 Å². The quantitative estimate of drug-likeness (QED) is 0.843. The highest BCUT2D eigenvalue weighted by atomic mass is 32.2. The molecule has 1 aliphatic heterocycles. The van der Waals surface area contributed by atoms with Gasteiger partial charge in [0.1, 0.15) is 16.5 Å². The summed E-state index contributed by atoms with van der Waals surface area (Å²) in [6, 6.07) is 3.77. The molecule has 0 saturated carbocycles. The van der Waals surface area contributed by atoms with Crippen LogP contribution in [-0.4, -0.2) is 25.3 Å². The van der Waals surface area contributed by atoms with Crippen molar-refractivity contribution < 1.29 is 22.7 Å². The number of carbonyl (C=O) groups excluding carboxylic acids is 2. The summed E-state index contributed by atoms with van der Waals surface area (Å²) in [5.74, 6) is -1.38. The molecule has 1 aromatic heterocycles. The number of aromatic nitrogens is 1. The van der Waals surface area contributed by atoms with Gasteiger partial charge in [-0.2, -0.15) is 0 Å². The molecule has 1 aromatic carbocycles. The van der Waals surface area contributed by atoms with Crippen molar-refractivity contribution in [2.75, 3.05) is 0 Å². The van der Waals surface area contributed by atoms with Gasteiger partial charge in [0.05, 0.1) is 11.1 Å². The van der Waals surface area contributed by atoms with Crippen LogP contribution in [0.2, 0.25) is 0 Å². The number of rotatable bonds is 3. The predicted octanol–water partition coefficient (Wildman–Crippen LogP) is 0.932. The van der Waals surface area contributed by atoms with E-state index in [1.807, 2.05) is 4.72 Å². The highest BCUT2D eigenvalue weighted by molar-refractivity contribution is 7.90. The van der Waals surface area contributed by atoms with Gasteiger partial charge in [-0.3, -0.25) is 4.79 Å². The fraction of sp³-hybridized carbons (Fsp3) is 0.0833. The van der Waals surface area contributed by atoms with Crippen molar-refractivity contribution in [3.05, 3.63) is 45.9 Å². The van der Waals surface area contributed by atoms with E-state index in [4.69, 9.17) is 4.74 Å². The number of amides is 1. The predicted molar refractivity (Wildman–Crippen MR) is 72.3 cm³/mol. The molecule has 21 heavy (non-hydrogen) atoms. The van der Waals surface area contributed by atoms with Crippen LogP contribution in [0.5, 0.6) is 0 Å². The number of nitrogens with zero attached hydrogens (tertiary/aromatic N) is 1. The van der Waals surface area contributed by atoms with E-state index >= 15 is 0 Å². The molecule has 0 spiro atoms. The average molecular weight is 324 g/mol. The summed E-state index contributed by atoms with van der Waals surface area (Å²) in [4.78, 5) is 27.1. The Morgan fingerprint density at radius 3 is 2.90 bits per heavy atom. The number of nitrogens with one attached hydrogen (secondary N) is 1. The van der Waals surface area contributed by atoms with Crippen LogP contribution in [0.1, 0.15) is 25.7 Å². The maximum atomic E-state index is 11.9. The van der Waals surface area contributed by atoms with Gasteiger partial charge >= 0.3 is 5.97 Å². The molecule has 1 N–H and O–H groups in total. The molecule has 0 atom stereocenters. The molecular formula is C12H8N2O5S2. The second-order valence-electron chi connectivity index (χ2n) is 4.15. The van der Waals surface area contributed by atoms with E-state index in [1.54, 1.807) is 11.6 Å². The van der Waals surface area contributed by atoms with Crippen LogP contribution in [0.15, 0.2) is 34.7 Å². The first-order valence-electron chi connectivity index (χ1n) is 5.74. The lowest BCUT2D eigenvalue weighted by molar-refractivity contribution is 0.0472. The maximum absolute atomic E-state index is 11.9. The summed E-state index contributed by atoms with van der Waals surface area (Å²) >= 11 is 1.34. The summed E-state index contributed by atoms with van der Waals surface area (Å²) < 4.78 is 30.3. The summed E-state index contributed by atoms with van der Waals surface area (Å²) in [5.41, 5.74) is 0.0804. The first-order chi connectivity index (χ1) is 9.97. The Bertz CT molecular complexity index is 827. The first kappa shape index (κ1) is 13.7. The number of hydrogen-bond acceptors (Lipinski definition) is 7. The zero-order chi connectivity index (χ0) is 15.0. The molecule has 0 bridgehead atoms. The number of benzene rings is 1. The summed E-state index contributed by atoms with van der Waals surface area (Å²) in [6.07, 6.45) is 1.59. The fourth-order valence-corrected chi connectivity index (χ4v) is 3.55. The minimum absolute atomic E-state index is 0.0114. The molecule has 0 aliphatic carbocycles. The van der Waals surface area contributed by atoms with Crippen molar-refractivity contribution in [3.8, 4) is 0 Å². The van der Waals surface area contributed by atoms with Crippen molar-refractivity contribution >= 4 is 33.2 Å². The average Bonchev–Trinajstić information content (AvgIpc) is 3.03. The van der Waals surface area contributed by atoms with Crippen LogP contribution in [-0.2, 0) is 21.4 Å². The van der Waals surface area contributed by atoms with Gasteiger partial charge < -0.3 is 4.74 Å². The van der Waals surface area contributed by atoms with Gasteiger partial charge in [0.2, 0.25) is 0 Å². The third kappa shape index (κ3) is 2.52. The Balaban J connectivity index is 1.84. The summed E-state index contributed by atoms with van der Waals surface area (Å²) in [5, 5.41) is 2.39. The van der Waals surface area contributed by atoms with Crippen molar-refractivity contribution in [1.82, 2.24) is 9.71 Å². The molecule has 2 heterocycles. The van der Waals surface area contributed by atoms with Crippen LogP contribution in [0, 0.1) is 0 Å². The minimum atomic E-state index is -3.89. The van der Waals surface area contributed by atoms with E-state index in [9.17, 15) is 18.0 Å².